The minimum Gasteiger partial charge on any atom is -0.508 e. The van der Waals surface area contributed by atoms with Crippen molar-refractivity contribution < 1.29 is 9.90 Å². The Morgan fingerprint density at radius 1 is 1.07 bits per heavy atom. The maximum atomic E-state index is 12.2. The van der Waals surface area contributed by atoms with E-state index >= 15 is 0 Å². The van der Waals surface area contributed by atoms with Gasteiger partial charge in [-0.2, -0.15) is 5.10 Å². The van der Waals surface area contributed by atoms with Gasteiger partial charge in [-0.05, 0) is 35.6 Å². The number of hydrogen-bond donors (Lipinski definition) is 4. The molecule has 3 rings (SSSR count). The number of fused-ring (bicyclic) bond motifs is 1. The van der Waals surface area contributed by atoms with Crippen molar-refractivity contribution in [2.24, 2.45) is 5.41 Å². The third-order valence-corrected chi connectivity index (χ3v) is 4.77. The summed E-state index contributed by atoms with van der Waals surface area (Å²) in [5, 5.41) is 23.6. The maximum Gasteiger partial charge on any atom is 0.272 e. The summed E-state index contributed by atoms with van der Waals surface area (Å²) >= 11 is 0. The van der Waals surface area contributed by atoms with Crippen LogP contribution in [0.5, 0.6) is 5.75 Å². The zero-order valence-electron chi connectivity index (χ0n) is 16.7. The predicted octanol–water partition coefficient (Wildman–Crippen LogP) is 2.82. The summed E-state index contributed by atoms with van der Waals surface area (Å²) in [6, 6.07) is 14.2. The van der Waals surface area contributed by atoms with Gasteiger partial charge in [0.2, 0.25) is 5.91 Å². The van der Waals surface area contributed by atoms with Crippen LogP contribution in [0.15, 0.2) is 53.3 Å². The average Bonchev–Trinajstić information content (AvgIpc) is 2.72. The molecule has 1 heterocycles. The molecule has 0 bridgehead atoms. The van der Waals surface area contributed by atoms with Crippen LogP contribution in [0.2, 0.25) is 0 Å². The van der Waals surface area contributed by atoms with E-state index in [9.17, 15) is 14.7 Å². The number of carbonyl (C=O) groups excluding carboxylic acids is 1. The molecular formula is C22H26N4O3. The molecule has 0 aliphatic rings. The van der Waals surface area contributed by atoms with Crippen molar-refractivity contribution in [3.05, 3.63) is 64.4 Å². The number of aryl methyl sites for hydroxylation is 1. The fourth-order valence-electron chi connectivity index (χ4n) is 2.98. The number of aromatic nitrogens is 2. The number of benzene rings is 2. The Labute approximate surface area is 169 Å². The molecule has 1 aromatic heterocycles. The van der Waals surface area contributed by atoms with Crippen molar-refractivity contribution in [3.8, 4) is 5.75 Å². The average molecular weight is 394 g/mol. The van der Waals surface area contributed by atoms with Gasteiger partial charge in [0, 0.05) is 24.9 Å². The molecular weight excluding hydrogens is 368 g/mol. The van der Waals surface area contributed by atoms with Crippen LogP contribution in [-0.4, -0.2) is 34.3 Å². The Morgan fingerprint density at radius 2 is 1.76 bits per heavy atom. The molecule has 7 heteroatoms. The molecule has 0 aliphatic heterocycles. The van der Waals surface area contributed by atoms with Crippen LogP contribution in [0.4, 0.5) is 5.82 Å². The lowest BCUT2D eigenvalue weighted by Gasteiger charge is -2.26. The Kier molecular flexibility index (Phi) is 6.16. The van der Waals surface area contributed by atoms with Gasteiger partial charge in [0.05, 0.1) is 5.39 Å². The quantitative estimate of drug-likeness (QED) is 0.470. The summed E-state index contributed by atoms with van der Waals surface area (Å²) in [6.07, 6.45) is 1.01. The standard InChI is InChI=1S/C22H26N4O3/c1-22(2,13-23-19(28)12-9-15-7-10-16(27)11-8-15)14-24-20-17-5-3-4-6-18(17)21(29)26-25-20/h3-8,10-11,27H,9,12-14H2,1-2H3,(H,23,28)(H,24,25)(H,26,29). The van der Waals surface area contributed by atoms with Crippen LogP contribution < -0.4 is 16.2 Å². The van der Waals surface area contributed by atoms with Crippen molar-refractivity contribution in [2.45, 2.75) is 26.7 Å². The van der Waals surface area contributed by atoms with Crippen molar-refractivity contribution >= 4 is 22.5 Å². The molecule has 0 aliphatic carbocycles. The van der Waals surface area contributed by atoms with Gasteiger partial charge in [-0.1, -0.05) is 44.2 Å². The second kappa shape index (κ2) is 8.77. The molecule has 0 spiro atoms. The third-order valence-electron chi connectivity index (χ3n) is 4.77. The summed E-state index contributed by atoms with van der Waals surface area (Å²) in [4.78, 5) is 24.1. The maximum absolute atomic E-state index is 12.2. The van der Waals surface area contributed by atoms with Crippen LogP contribution in [0.3, 0.4) is 0 Å². The topological polar surface area (TPSA) is 107 Å². The number of nitrogens with zero attached hydrogens (tertiary/aromatic N) is 1. The minimum atomic E-state index is -0.216. The molecule has 29 heavy (non-hydrogen) atoms. The number of aromatic amines is 1. The summed E-state index contributed by atoms with van der Waals surface area (Å²) in [6.45, 7) is 5.19. The van der Waals surface area contributed by atoms with E-state index in [2.05, 4.69) is 20.8 Å². The molecule has 2 aromatic carbocycles. The van der Waals surface area contributed by atoms with E-state index in [0.29, 0.717) is 37.1 Å². The van der Waals surface area contributed by atoms with Gasteiger partial charge in [-0.25, -0.2) is 5.10 Å². The first-order valence-corrected chi connectivity index (χ1v) is 9.60. The lowest BCUT2D eigenvalue weighted by atomic mass is 9.93. The molecule has 1 amide bonds. The van der Waals surface area contributed by atoms with Crippen LogP contribution in [-0.2, 0) is 11.2 Å². The fraction of sp³-hybridized carbons (Fsp3) is 0.318. The van der Waals surface area contributed by atoms with Crippen LogP contribution >= 0.6 is 0 Å². The number of hydrogen-bond acceptors (Lipinski definition) is 5. The minimum absolute atomic E-state index is 0.0150. The summed E-state index contributed by atoms with van der Waals surface area (Å²) in [5.41, 5.74) is 0.578. The summed E-state index contributed by atoms with van der Waals surface area (Å²) in [7, 11) is 0. The normalized spacial score (nSPS) is 11.4. The zero-order chi connectivity index (χ0) is 20.9. The van der Waals surface area contributed by atoms with Gasteiger partial charge in [0.1, 0.15) is 5.75 Å². The first-order chi connectivity index (χ1) is 13.8. The highest BCUT2D eigenvalue weighted by atomic mass is 16.3. The van der Waals surface area contributed by atoms with Gasteiger partial charge in [-0.3, -0.25) is 9.59 Å². The second-order valence-electron chi connectivity index (χ2n) is 7.91. The van der Waals surface area contributed by atoms with E-state index < -0.39 is 0 Å². The van der Waals surface area contributed by atoms with Crippen molar-refractivity contribution in [3.63, 3.8) is 0 Å². The highest BCUT2D eigenvalue weighted by Gasteiger charge is 2.20. The molecule has 0 unspecified atom stereocenters. The third kappa shape index (κ3) is 5.57. The van der Waals surface area contributed by atoms with Gasteiger partial charge in [0.15, 0.2) is 5.82 Å². The zero-order valence-corrected chi connectivity index (χ0v) is 16.7. The van der Waals surface area contributed by atoms with E-state index in [4.69, 9.17) is 0 Å². The number of aromatic hydroxyl groups is 1. The molecule has 152 valence electrons. The van der Waals surface area contributed by atoms with Crippen LogP contribution in [0.1, 0.15) is 25.8 Å². The largest absolute Gasteiger partial charge is 0.508 e. The lowest BCUT2D eigenvalue weighted by Crippen LogP contribution is -2.38. The highest BCUT2D eigenvalue weighted by Crippen LogP contribution is 2.20. The molecule has 3 aromatic rings. The van der Waals surface area contributed by atoms with E-state index in [1.54, 1.807) is 18.2 Å². The molecule has 0 atom stereocenters. The Balaban J connectivity index is 1.51. The van der Waals surface area contributed by atoms with E-state index in [1.807, 2.05) is 44.2 Å². The number of anilines is 1. The molecule has 0 saturated heterocycles. The SMILES string of the molecule is CC(C)(CNC(=O)CCc1ccc(O)cc1)CNc1n[nH]c(=O)c2ccccc12. The van der Waals surface area contributed by atoms with E-state index in [1.165, 1.54) is 0 Å². The molecule has 4 N–H and O–H groups in total. The lowest BCUT2D eigenvalue weighted by molar-refractivity contribution is -0.121. The highest BCUT2D eigenvalue weighted by molar-refractivity contribution is 5.90. The molecule has 0 fully saturated rings. The van der Waals surface area contributed by atoms with Crippen molar-refractivity contribution in [1.29, 1.82) is 0 Å². The molecule has 0 radical (unpaired) electrons. The number of carbonyl (C=O) groups is 1. The fourth-order valence-corrected chi connectivity index (χ4v) is 2.98. The van der Waals surface area contributed by atoms with Gasteiger partial charge < -0.3 is 15.7 Å². The van der Waals surface area contributed by atoms with E-state index in [0.717, 1.165) is 10.9 Å². The Morgan fingerprint density at radius 3 is 2.48 bits per heavy atom. The van der Waals surface area contributed by atoms with Crippen molar-refractivity contribution in [1.82, 2.24) is 15.5 Å². The second-order valence-corrected chi connectivity index (χ2v) is 7.91. The summed E-state index contributed by atoms with van der Waals surface area (Å²) < 4.78 is 0. The first kappa shape index (κ1) is 20.4. The van der Waals surface area contributed by atoms with Gasteiger partial charge >= 0.3 is 0 Å². The number of phenols is 1. The number of rotatable bonds is 8. The Hall–Kier alpha value is -3.35. The van der Waals surface area contributed by atoms with Gasteiger partial charge in [0.25, 0.3) is 5.56 Å². The van der Waals surface area contributed by atoms with Crippen LogP contribution in [0, 0.1) is 5.41 Å². The molecule has 0 saturated carbocycles. The number of amides is 1. The number of nitrogens with one attached hydrogen (secondary N) is 3. The monoisotopic (exact) mass is 394 g/mol. The molecule has 7 nitrogen and oxygen atoms in total. The number of H-pyrrole nitrogens is 1. The predicted molar refractivity (Wildman–Crippen MR) is 114 cm³/mol. The van der Waals surface area contributed by atoms with Gasteiger partial charge in [-0.15, -0.1) is 0 Å². The number of phenolic OH excluding ortho intramolecular Hbond substituents is 1. The van der Waals surface area contributed by atoms with E-state index in [-0.39, 0.29) is 22.6 Å². The first-order valence-electron chi connectivity index (χ1n) is 9.60. The Bertz CT molecular complexity index is 1040. The van der Waals surface area contributed by atoms with Crippen LogP contribution in [0.25, 0.3) is 10.8 Å². The van der Waals surface area contributed by atoms with Crippen molar-refractivity contribution in [2.75, 3.05) is 18.4 Å². The smallest absolute Gasteiger partial charge is 0.272 e. The summed E-state index contributed by atoms with van der Waals surface area (Å²) in [5.74, 6) is 0.822.